The molecule has 2 heterocycles. The number of hydrogen-bond donors (Lipinski definition) is 2. The van der Waals surface area contributed by atoms with Crippen molar-refractivity contribution in [2.24, 2.45) is 0 Å². The molecule has 1 aromatic carbocycles. The number of amides is 1. The van der Waals surface area contributed by atoms with Crippen LogP contribution >= 0.6 is 11.3 Å². The highest BCUT2D eigenvalue weighted by Gasteiger charge is 2.36. The van der Waals surface area contributed by atoms with Crippen LogP contribution in [0.15, 0.2) is 30.3 Å². The molecule has 1 aliphatic rings. The summed E-state index contributed by atoms with van der Waals surface area (Å²) < 4.78 is 5.52. The van der Waals surface area contributed by atoms with Crippen LogP contribution < -0.4 is 10.6 Å². The molecule has 0 unspecified atom stereocenters. The highest BCUT2D eigenvalue weighted by molar-refractivity contribution is 7.17. The Balaban J connectivity index is 1.86. The summed E-state index contributed by atoms with van der Waals surface area (Å²) in [6.07, 6.45) is 1.56. The molecule has 2 aromatic rings. The van der Waals surface area contributed by atoms with Crippen molar-refractivity contribution in [3.05, 3.63) is 46.5 Å². The minimum absolute atomic E-state index is 0.0556. The Morgan fingerprint density at radius 2 is 2.00 bits per heavy atom. The molecule has 0 spiro atoms. The minimum Gasteiger partial charge on any atom is -0.381 e. The van der Waals surface area contributed by atoms with E-state index in [0.717, 1.165) is 35.8 Å². The van der Waals surface area contributed by atoms with E-state index in [-0.39, 0.29) is 11.4 Å². The Morgan fingerprint density at radius 1 is 1.29 bits per heavy atom. The van der Waals surface area contributed by atoms with Gasteiger partial charge in [-0.1, -0.05) is 41.7 Å². The van der Waals surface area contributed by atoms with Crippen LogP contribution in [-0.4, -0.2) is 30.6 Å². The molecular formula is C18H23N3O2S. The predicted octanol–water partition coefficient (Wildman–Crippen LogP) is 3.32. The summed E-state index contributed by atoms with van der Waals surface area (Å²) in [5.41, 5.74) is 1.53. The Kier molecular flexibility index (Phi) is 5.16. The van der Waals surface area contributed by atoms with E-state index in [0.29, 0.717) is 18.1 Å². The maximum Gasteiger partial charge on any atom is 0.264 e. The fourth-order valence-corrected chi connectivity index (χ4v) is 4.00. The van der Waals surface area contributed by atoms with Gasteiger partial charge in [0, 0.05) is 19.8 Å². The van der Waals surface area contributed by atoms with Crippen molar-refractivity contribution in [1.29, 1.82) is 0 Å². The van der Waals surface area contributed by atoms with Gasteiger partial charge < -0.3 is 15.4 Å². The number of nitrogens with one attached hydrogen (secondary N) is 2. The fraction of sp³-hybridized carbons (Fsp3) is 0.444. The molecule has 128 valence electrons. The van der Waals surface area contributed by atoms with Crippen LogP contribution in [0.25, 0.3) is 0 Å². The lowest BCUT2D eigenvalue weighted by atomic mass is 9.82. The smallest absolute Gasteiger partial charge is 0.264 e. The number of rotatable bonds is 5. The van der Waals surface area contributed by atoms with Crippen LogP contribution in [0.5, 0.6) is 0 Å². The molecule has 0 atom stereocenters. The second-order valence-electron chi connectivity index (χ2n) is 5.98. The number of anilines is 1. The molecule has 3 rings (SSSR count). The number of aryl methyl sites for hydroxylation is 1. The molecule has 0 bridgehead atoms. The summed E-state index contributed by atoms with van der Waals surface area (Å²) in [4.78, 5) is 18.0. The minimum atomic E-state index is -0.370. The molecule has 5 nitrogen and oxygen atoms in total. The molecule has 1 amide bonds. The molecule has 6 heteroatoms. The zero-order valence-electron chi connectivity index (χ0n) is 14.1. The van der Waals surface area contributed by atoms with Crippen LogP contribution in [0.1, 0.15) is 40.7 Å². The maximum atomic E-state index is 12.9. The number of benzene rings is 1. The van der Waals surface area contributed by atoms with Gasteiger partial charge in [0.15, 0.2) is 5.13 Å². The van der Waals surface area contributed by atoms with Gasteiger partial charge in [-0.3, -0.25) is 4.79 Å². The summed E-state index contributed by atoms with van der Waals surface area (Å²) in [5.74, 6) is -0.0556. The number of aromatic nitrogens is 1. The molecule has 1 aromatic heterocycles. The van der Waals surface area contributed by atoms with Gasteiger partial charge in [-0.15, -0.1) is 0 Å². The van der Waals surface area contributed by atoms with Crippen molar-refractivity contribution in [2.45, 2.75) is 32.2 Å². The van der Waals surface area contributed by atoms with Gasteiger partial charge in [-0.2, -0.15) is 0 Å². The third-order valence-corrected chi connectivity index (χ3v) is 5.47. The first kappa shape index (κ1) is 16.9. The van der Waals surface area contributed by atoms with Crippen molar-refractivity contribution in [1.82, 2.24) is 10.3 Å². The van der Waals surface area contributed by atoms with Gasteiger partial charge in [-0.25, -0.2) is 4.98 Å². The first-order valence-corrected chi connectivity index (χ1v) is 9.13. The van der Waals surface area contributed by atoms with Crippen LogP contribution in [0.2, 0.25) is 0 Å². The first-order chi connectivity index (χ1) is 11.6. The van der Waals surface area contributed by atoms with Gasteiger partial charge >= 0.3 is 0 Å². The highest BCUT2D eigenvalue weighted by Crippen LogP contribution is 2.33. The van der Waals surface area contributed by atoms with Gasteiger partial charge in [0.2, 0.25) is 0 Å². The monoisotopic (exact) mass is 345 g/mol. The number of nitrogens with zero attached hydrogens (tertiary/aromatic N) is 1. The van der Waals surface area contributed by atoms with E-state index >= 15 is 0 Å². The van der Waals surface area contributed by atoms with Crippen LogP contribution in [0.3, 0.4) is 0 Å². The van der Waals surface area contributed by atoms with E-state index in [1.54, 1.807) is 0 Å². The van der Waals surface area contributed by atoms with Crippen molar-refractivity contribution in [3.8, 4) is 0 Å². The van der Waals surface area contributed by atoms with E-state index in [9.17, 15) is 4.79 Å². The van der Waals surface area contributed by atoms with Crippen LogP contribution in [-0.2, 0) is 10.3 Å². The van der Waals surface area contributed by atoms with Gasteiger partial charge in [-0.05, 0) is 32.3 Å². The topological polar surface area (TPSA) is 63.2 Å². The molecule has 1 fully saturated rings. The largest absolute Gasteiger partial charge is 0.381 e. The third kappa shape index (κ3) is 3.44. The number of thiazole rings is 1. The summed E-state index contributed by atoms with van der Waals surface area (Å²) in [5, 5.41) is 7.25. The molecule has 24 heavy (non-hydrogen) atoms. The van der Waals surface area contributed by atoms with Crippen LogP contribution in [0.4, 0.5) is 5.13 Å². The molecule has 1 aliphatic heterocycles. The number of hydrogen-bond acceptors (Lipinski definition) is 5. The molecule has 0 aliphatic carbocycles. The van der Waals surface area contributed by atoms with Crippen molar-refractivity contribution < 1.29 is 9.53 Å². The Bertz CT molecular complexity index is 694. The summed E-state index contributed by atoms with van der Waals surface area (Å²) in [7, 11) is 0. The van der Waals surface area contributed by atoms with E-state index in [1.165, 1.54) is 11.3 Å². The molecular weight excluding hydrogens is 322 g/mol. The SMILES string of the molecule is CCNc1nc(C)c(C(=O)NC2(c3ccccc3)CCOCC2)s1. The van der Waals surface area contributed by atoms with E-state index in [2.05, 4.69) is 27.8 Å². The van der Waals surface area contributed by atoms with E-state index in [1.807, 2.05) is 32.0 Å². The zero-order valence-corrected chi connectivity index (χ0v) is 14.9. The number of carbonyl (C=O) groups excluding carboxylic acids is 1. The van der Waals surface area contributed by atoms with Crippen molar-refractivity contribution in [2.75, 3.05) is 25.1 Å². The summed E-state index contributed by atoms with van der Waals surface area (Å²) in [6.45, 7) is 5.99. The Labute approximate surface area is 146 Å². The van der Waals surface area contributed by atoms with Crippen molar-refractivity contribution in [3.63, 3.8) is 0 Å². The lowest BCUT2D eigenvalue weighted by molar-refractivity contribution is 0.0346. The zero-order chi connectivity index (χ0) is 17.0. The third-order valence-electron chi connectivity index (χ3n) is 4.36. The summed E-state index contributed by atoms with van der Waals surface area (Å²) in [6, 6.07) is 10.2. The average molecular weight is 345 g/mol. The molecule has 2 N–H and O–H groups in total. The standard InChI is InChI=1S/C18H23N3O2S/c1-3-19-17-20-13(2)15(24-17)16(22)21-18(9-11-23-12-10-18)14-7-5-4-6-8-14/h4-8H,3,9-12H2,1-2H3,(H,19,20)(H,21,22). The fourth-order valence-electron chi connectivity index (χ4n) is 3.07. The lowest BCUT2D eigenvalue weighted by Gasteiger charge is -2.38. The van der Waals surface area contributed by atoms with E-state index in [4.69, 9.17) is 4.74 Å². The Hall–Kier alpha value is -1.92. The van der Waals surface area contributed by atoms with Crippen LogP contribution in [0, 0.1) is 6.92 Å². The van der Waals surface area contributed by atoms with Gasteiger partial charge in [0.05, 0.1) is 11.2 Å². The van der Waals surface area contributed by atoms with E-state index < -0.39 is 0 Å². The van der Waals surface area contributed by atoms with Crippen molar-refractivity contribution >= 4 is 22.4 Å². The second-order valence-corrected chi connectivity index (χ2v) is 6.98. The molecule has 1 saturated heterocycles. The normalized spacial score (nSPS) is 16.6. The maximum absolute atomic E-state index is 12.9. The quantitative estimate of drug-likeness (QED) is 0.873. The molecule has 0 saturated carbocycles. The van der Waals surface area contributed by atoms with Gasteiger partial charge in [0.25, 0.3) is 5.91 Å². The first-order valence-electron chi connectivity index (χ1n) is 8.32. The average Bonchev–Trinajstić information content (AvgIpc) is 2.97. The highest BCUT2D eigenvalue weighted by atomic mass is 32.1. The summed E-state index contributed by atoms with van der Waals surface area (Å²) >= 11 is 1.41. The number of ether oxygens (including phenoxy) is 1. The Morgan fingerprint density at radius 3 is 2.67 bits per heavy atom. The van der Waals surface area contributed by atoms with Gasteiger partial charge in [0.1, 0.15) is 4.88 Å². The lowest BCUT2D eigenvalue weighted by Crippen LogP contribution is -2.49. The molecule has 0 radical (unpaired) electrons. The second kappa shape index (κ2) is 7.32. The number of carbonyl (C=O) groups is 1. The predicted molar refractivity (Wildman–Crippen MR) is 96.7 cm³/mol.